The van der Waals surface area contributed by atoms with Gasteiger partial charge in [0.25, 0.3) is 6.04 Å². The van der Waals surface area contributed by atoms with E-state index >= 15 is 0 Å². The summed E-state index contributed by atoms with van der Waals surface area (Å²) < 4.78 is 2.14. The van der Waals surface area contributed by atoms with Crippen molar-refractivity contribution in [1.29, 1.82) is 0 Å². The number of dihydropyridines is 1. The van der Waals surface area contributed by atoms with Crippen molar-refractivity contribution in [3.8, 4) is 0 Å². The van der Waals surface area contributed by atoms with Crippen molar-refractivity contribution in [3.05, 3.63) is 88.3 Å². The molecule has 1 aliphatic carbocycles. The van der Waals surface area contributed by atoms with Gasteiger partial charge in [0.05, 0.1) is 23.0 Å². The number of rotatable bonds is 8. The molecule has 0 N–H and O–H groups in total. The van der Waals surface area contributed by atoms with Crippen LogP contribution in [-0.2, 0) is 4.79 Å². The maximum absolute atomic E-state index is 13.9. The predicted octanol–water partition coefficient (Wildman–Crippen LogP) is 7.36. The van der Waals surface area contributed by atoms with Crippen molar-refractivity contribution in [2.75, 3.05) is 6.54 Å². The number of azo groups is 2. The average molecular weight is 509 g/mol. The van der Waals surface area contributed by atoms with E-state index in [0.717, 1.165) is 60.0 Å². The Morgan fingerprint density at radius 2 is 2.00 bits per heavy atom. The third-order valence-electron chi connectivity index (χ3n) is 7.81. The molecule has 1 amide bonds. The smallest absolute Gasteiger partial charge is 0.291 e. The molecule has 1 aromatic rings. The highest BCUT2D eigenvalue weighted by molar-refractivity contribution is 6.12. The largest absolute Gasteiger partial charge is 0.334 e. The summed E-state index contributed by atoms with van der Waals surface area (Å²) in [4.78, 5) is 24.6. The summed E-state index contributed by atoms with van der Waals surface area (Å²) in [5.41, 5.74) is 7.26. The standard InChI is InChI=1S/C32H38N5O/c1-6-9-24-19-25(20-34-31(24)21(4)33-5)32(38)36-18-17-29-30(28(36)8-3)27(10-7-2)35-37(29)26-15-13-23(14-16-26)22-11-12-22/h6,9,13-16,19-20,22,28H,5,7-8,10-12,17-18H2,1-4H3/q+1/b9-6-,31-21+/t28-/m0/s1. The molecule has 6 heteroatoms. The van der Waals surface area contributed by atoms with Crippen LogP contribution in [0.4, 0.5) is 5.69 Å². The fourth-order valence-corrected chi connectivity index (χ4v) is 5.73. The highest BCUT2D eigenvalue weighted by atomic mass is 16.2. The van der Waals surface area contributed by atoms with E-state index in [-0.39, 0.29) is 11.9 Å². The molecule has 2 fully saturated rings. The number of carbonyl (C=O) groups is 1. The minimum absolute atomic E-state index is 0.0136. The van der Waals surface area contributed by atoms with Crippen LogP contribution >= 0.6 is 0 Å². The van der Waals surface area contributed by atoms with Crippen molar-refractivity contribution in [2.24, 2.45) is 15.1 Å². The molecular weight excluding hydrogens is 470 g/mol. The first-order valence-corrected chi connectivity index (χ1v) is 14.0. The third-order valence-corrected chi connectivity index (χ3v) is 7.81. The van der Waals surface area contributed by atoms with Gasteiger partial charge < -0.3 is 4.90 Å². The molecular formula is C32H38N5O+. The number of carbonyl (C=O) groups excluding carboxylic acids is 1. The average Bonchev–Trinajstić information content (AvgIpc) is 3.74. The minimum atomic E-state index is -0.0136. The monoisotopic (exact) mass is 508 g/mol. The Balaban J connectivity index is 1.42. The quantitative estimate of drug-likeness (QED) is 0.267. The summed E-state index contributed by atoms with van der Waals surface area (Å²) in [6, 6.07) is 10.2. The molecule has 2 radical (unpaired) electrons. The van der Waals surface area contributed by atoms with Crippen LogP contribution in [0.1, 0.15) is 77.7 Å². The van der Waals surface area contributed by atoms with Crippen LogP contribution in [0.5, 0.6) is 0 Å². The summed E-state index contributed by atoms with van der Waals surface area (Å²) in [5.74, 6) is 1.35. The summed E-state index contributed by atoms with van der Waals surface area (Å²) in [6.45, 7) is 12.5. The first-order valence-electron chi connectivity index (χ1n) is 14.0. The normalized spacial score (nSPS) is 23.6. The lowest BCUT2D eigenvalue weighted by Crippen LogP contribution is -2.49. The van der Waals surface area contributed by atoms with E-state index < -0.39 is 0 Å². The predicted molar refractivity (Wildman–Crippen MR) is 153 cm³/mol. The van der Waals surface area contributed by atoms with Crippen LogP contribution in [0.2, 0.25) is 0 Å². The van der Waals surface area contributed by atoms with Crippen molar-refractivity contribution < 1.29 is 9.49 Å². The maximum atomic E-state index is 13.9. The number of allylic oxidation sites excluding steroid dienone is 4. The second kappa shape index (κ2) is 11.1. The van der Waals surface area contributed by atoms with Crippen LogP contribution in [-0.4, -0.2) is 41.0 Å². The SMILES string of the molecule is C=N/C(C)=C1/N=C[C](C(=O)N2CC[C]3C(=C(CCC)N=[N+]3c3ccc(C4CC4)cc3)[C@@H]2CC)C=C1/C=C\C. The maximum Gasteiger partial charge on any atom is 0.291 e. The summed E-state index contributed by atoms with van der Waals surface area (Å²) in [5, 5.41) is 5.12. The lowest BCUT2D eigenvalue weighted by atomic mass is 9.86. The highest BCUT2D eigenvalue weighted by Gasteiger charge is 2.50. The van der Waals surface area contributed by atoms with Gasteiger partial charge in [-0.1, -0.05) is 55.3 Å². The van der Waals surface area contributed by atoms with Gasteiger partial charge in [0, 0.05) is 31.3 Å². The van der Waals surface area contributed by atoms with Crippen molar-refractivity contribution in [2.45, 2.75) is 78.2 Å². The van der Waals surface area contributed by atoms with Crippen molar-refractivity contribution >= 4 is 24.5 Å². The molecule has 0 bridgehead atoms. The van der Waals surface area contributed by atoms with E-state index in [1.165, 1.54) is 30.0 Å². The Morgan fingerprint density at radius 1 is 1.24 bits per heavy atom. The Bertz CT molecular complexity index is 1290. The van der Waals surface area contributed by atoms with Crippen LogP contribution in [0.3, 0.4) is 0 Å². The molecule has 0 aromatic heterocycles. The number of aliphatic imine (C=N–C) groups is 2. The van der Waals surface area contributed by atoms with Gasteiger partial charge in [0.1, 0.15) is 11.6 Å². The number of hydrogen-bond donors (Lipinski definition) is 0. The zero-order valence-corrected chi connectivity index (χ0v) is 23.1. The van der Waals surface area contributed by atoms with Gasteiger partial charge in [0.2, 0.25) is 11.6 Å². The Labute approximate surface area is 227 Å². The molecule has 1 atom stereocenters. The molecule has 38 heavy (non-hydrogen) atoms. The van der Waals surface area contributed by atoms with E-state index in [1.54, 1.807) is 6.21 Å². The van der Waals surface area contributed by atoms with Crippen LogP contribution in [0.15, 0.2) is 85.8 Å². The molecule has 1 saturated heterocycles. The number of hydrogen-bond acceptors (Lipinski definition) is 4. The second-order valence-corrected chi connectivity index (χ2v) is 10.4. The summed E-state index contributed by atoms with van der Waals surface area (Å²) in [7, 11) is 0. The van der Waals surface area contributed by atoms with Gasteiger partial charge in [0.15, 0.2) is 0 Å². The second-order valence-electron chi connectivity index (χ2n) is 10.4. The number of likely N-dealkylation sites (tertiary alicyclic amines) is 1. The minimum Gasteiger partial charge on any atom is -0.334 e. The Morgan fingerprint density at radius 3 is 2.63 bits per heavy atom. The number of amides is 1. The molecule has 196 valence electrons. The van der Waals surface area contributed by atoms with E-state index in [9.17, 15) is 4.79 Å². The Hall–Kier alpha value is -3.41. The van der Waals surface area contributed by atoms with Crippen LogP contribution in [0, 0.1) is 12.0 Å². The fraction of sp³-hybridized carbons (Fsp3) is 0.406. The molecule has 5 rings (SSSR count). The highest BCUT2D eigenvalue weighted by Crippen LogP contribution is 2.45. The molecule has 0 spiro atoms. The van der Waals surface area contributed by atoms with Crippen LogP contribution < -0.4 is 0 Å². The van der Waals surface area contributed by atoms with Crippen LogP contribution in [0.25, 0.3) is 0 Å². The number of piperidine rings is 1. The molecule has 3 heterocycles. The van der Waals surface area contributed by atoms with Gasteiger partial charge in [-0.3, -0.25) is 14.8 Å². The van der Waals surface area contributed by atoms with E-state index in [4.69, 9.17) is 5.11 Å². The molecule has 6 nitrogen and oxygen atoms in total. The van der Waals surface area contributed by atoms with E-state index in [2.05, 4.69) is 59.5 Å². The molecule has 3 aliphatic heterocycles. The lowest BCUT2D eigenvalue weighted by Gasteiger charge is -2.38. The number of fused-ring (bicyclic) bond motifs is 1. The molecule has 4 aliphatic rings. The zero-order chi connectivity index (χ0) is 26.8. The lowest BCUT2D eigenvalue weighted by molar-refractivity contribution is -0.487. The first kappa shape index (κ1) is 26.2. The van der Waals surface area contributed by atoms with Gasteiger partial charge in [-0.15, -0.1) is 0 Å². The topological polar surface area (TPSA) is 60.4 Å². The van der Waals surface area contributed by atoms with Gasteiger partial charge in [-0.05, 0) is 68.4 Å². The van der Waals surface area contributed by atoms with Crippen molar-refractivity contribution in [1.82, 2.24) is 4.90 Å². The first-order chi connectivity index (χ1) is 18.5. The third kappa shape index (κ3) is 4.89. The molecule has 0 unspecified atom stereocenters. The summed E-state index contributed by atoms with van der Waals surface area (Å²) in [6.07, 6.45) is 13.7. The molecule has 1 saturated carbocycles. The van der Waals surface area contributed by atoms with Crippen molar-refractivity contribution in [3.63, 3.8) is 0 Å². The molecule has 1 aromatic carbocycles. The van der Waals surface area contributed by atoms with Gasteiger partial charge in [-0.2, -0.15) is 0 Å². The number of nitrogens with zero attached hydrogens (tertiary/aromatic N) is 5. The van der Waals surface area contributed by atoms with E-state index in [0.29, 0.717) is 12.5 Å². The number of benzene rings is 1. The Kier molecular flexibility index (Phi) is 7.68. The summed E-state index contributed by atoms with van der Waals surface area (Å²) >= 11 is 0. The van der Waals surface area contributed by atoms with Gasteiger partial charge >= 0.3 is 0 Å². The van der Waals surface area contributed by atoms with Gasteiger partial charge in [-0.25, -0.2) is 0 Å². The fourth-order valence-electron chi connectivity index (χ4n) is 5.73. The van der Waals surface area contributed by atoms with E-state index in [1.807, 2.05) is 37.0 Å². The zero-order valence-electron chi connectivity index (χ0n) is 23.1.